The highest BCUT2D eigenvalue weighted by molar-refractivity contribution is 5.90. The zero-order valence-corrected chi connectivity index (χ0v) is 14.0. The fourth-order valence-corrected chi connectivity index (χ4v) is 2.75. The first-order valence-electron chi connectivity index (χ1n) is 7.99. The molecular weight excluding hydrogens is 320 g/mol. The van der Waals surface area contributed by atoms with E-state index in [0.717, 1.165) is 5.56 Å². The summed E-state index contributed by atoms with van der Waals surface area (Å²) in [7, 11) is 1.54. The van der Waals surface area contributed by atoms with Crippen LogP contribution in [0.25, 0.3) is 0 Å². The smallest absolute Gasteiger partial charge is 0.333 e. The number of rotatable bonds is 6. The summed E-state index contributed by atoms with van der Waals surface area (Å²) >= 11 is 0. The highest BCUT2D eigenvalue weighted by atomic mass is 16.5. The van der Waals surface area contributed by atoms with Crippen LogP contribution in [0, 0.1) is 5.92 Å². The van der Waals surface area contributed by atoms with Crippen molar-refractivity contribution in [1.82, 2.24) is 0 Å². The molecule has 1 saturated heterocycles. The Bertz CT molecular complexity index is 769. The topological polar surface area (TPSA) is 65.0 Å². The van der Waals surface area contributed by atoms with Crippen molar-refractivity contribution >= 4 is 5.97 Å². The summed E-state index contributed by atoms with van der Waals surface area (Å²) in [5.74, 6) is 0.190. The monoisotopic (exact) mass is 340 g/mol. The van der Waals surface area contributed by atoms with Gasteiger partial charge < -0.3 is 19.3 Å². The molecule has 0 aromatic heterocycles. The number of hydrogen-bond acceptors (Lipinski definition) is 5. The first-order chi connectivity index (χ1) is 12.1. The lowest BCUT2D eigenvalue weighted by atomic mass is 9.92. The summed E-state index contributed by atoms with van der Waals surface area (Å²) in [6.45, 7) is 4.25. The summed E-state index contributed by atoms with van der Waals surface area (Å²) < 4.78 is 16.1. The van der Waals surface area contributed by atoms with E-state index in [0.29, 0.717) is 23.7 Å². The largest absolute Gasteiger partial charge is 0.493 e. The van der Waals surface area contributed by atoms with Crippen molar-refractivity contribution in [3.05, 3.63) is 71.8 Å². The molecule has 1 N–H and O–H groups in total. The van der Waals surface area contributed by atoms with Crippen LogP contribution in [-0.2, 0) is 16.1 Å². The Morgan fingerprint density at radius 3 is 2.64 bits per heavy atom. The fraction of sp³-hybridized carbons (Fsp3) is 0.250. The Morgan fingerprint density at radius 1 is 1.24 bits per heavy atom. The van der Waals surface area contributed by atoms with Gasteiger partial charge in [-0.05, 0) is 23.3 Å². The van der Waals surface area contributed by atoms with Gasteiger partial charge in [-0.15, -0.1) is 0 Å². The van der Waals surface area contributed by atoms with Crippen LogP contribution in [-0.4, -0.2) is 24.8 Å². The summed E-state index contributed by atoms with van der Waals surface area (Å²) in [6, 6.07) is 15.0. The quantitative estimate of drug-likeness (QED) is 0.647. The second-order valence-corrected chi connectivity index (χ2v) is 5.86. The number of methoxy groups -OCH3 is 1. The maximum Gasteiger partial charge on any atom is 0.333 e. The van der Waals surface area contributed by atoms with Gasteiger partial charge in [-0.1, -0.05) is 43.0 Å². The van der Waals surface area contributed by atoms with Crippen molar-refractivity contribution in [3.8, 4) is 11.5 Å². The molecular formula is C20H20O5. The van der Waals surface area contributed by atoms with Crippen LogP contribution in [0.2, 0.25) is 0 Å². The van der Waals surface area contributed by atoms with E-state index in [9.17, 15) is 9.90 Å². The van der Waals surface area contributed by atoms with Crippen LogP contribution in [0.4, 0.5) is 0 Å². The summed E-state index contributed by atoms with van der Waals surface area (Å²) in [5, 5.41) is 10.5. The van der Waals surface area contributed by atoms with Gasteiger partial charge >= 0.3 is 5.97 Å². The number of ether oxygens (including phenoxy) is 3. The van der Waals surface area contributed by atoms with Crippen LogP contribution in [0.3, 0.4) is 0 Å². The maximum atomic E-state index is 11.4. The van der Waals surface area contributed by atoms with Gasteiger partial charge in [0.25, 0.3) is 0 Å². The van der Waals surface area contributed by atoms with Crippen molar-refractivity contribution in [2.75, 3.05) is 13.7 Å². The van der Waals surface area contributed by atoms with E-state index in [1.54, 1.807) is 25.3 Å². The van der Waals surface area contributed by atoms with Gasteiger partial charge in [0.15, 0.2) is 11.5 Å². The van der Waals surface area contributed by atoms with Gasteiger partial charge in [0, 0.05) is 5.57 Å². The zero-order valence-electron chi connectivity index (χ0n) is 14.0. The molecule has 1 aliphatic heterocycles. The van der Waals surface area contributed by atoms with Crippen LogP contribution in [0.1, 0.15) is 17.2 Å². The molecule has 2 atom stereocenters. The second-order valence-electron chi connectivity index (χ2n) is 5.86. The second kappa shape index (κ2) is 7.40. The molecule has 1 heterocycles. The van der Waals surface area contributed by atoms with Gasteiger partial charge in [0.1, 0.15) is 13.2 Å². The van der Waals surface area contributed by atoms with Gasteiger partial charge in [0.05, 0.1) is 19.1 Å². The van der Waals surface area contributed by atoms with Crippen LogP contribution < -0.4 is 9.47 Å². The van der Waals surface area contributed by atoms with E-state index in [1.807, 2.05) is 30.3 Å². The number of carbonyl (C=O) groups excluding carboxylic acids is 1. The summed E-state index contributed by atoms with van der Waals surface area (Å²) in [5.41, 5.74) is 1.95. The van der Waals surface area contributed by atoms with Crippen molar-refractivity contribution in [2.24, 2.45) is 5.92 Å². The number of aliphatic hydroxyl groups excluding tert-OH is 1. The van der Waals surface area contributed by atoms with Gasteiger partial charge in [-0.2, -0.15) is 0 Å². The van der Waals surface area contributed by atoms with E-state index in [1.165, 1.54) is 0 Å². The molecule has 3 rings (SSSR count). The number of carbonyl (C=O) groups is 1. The van der Waals surface area contributed by atoms with E-state index < -0.39 is 18.0 Å². The Labute approximate surface area is 146 Å². The summed E-state index contributed by atoms with van der Waals surface area (Å²) in [6.07, 6.45) is -0.893. The van der Waals surface area contributed by atoms with Gasteiger partial charge in [-0.3, -0.25) is 0 Å². The van der Waals surface area contributed by atoms with E-state index in [-0.39, 0.29) is 12.2 Å². The van der Waals surface area contributed by atoms with Crippen molar-refractivity contribution in [2.45, 2.75) is 12.7 Å². The predicted molar refractivity (Wildman–Crippen MR) is 92.3 cm³/mol. The first-order valence-corrected chi connectivity index (χ1v) is 7.99. The average molecular weight is 340 g/mol. The van der Waals surface area contributed by atoms with E-state index in [4.69, 9.17) is 14.2 Å². The molecule has 0 bridgehead atoms. The first kappa shape index (κ1) is 17.0. The Kier molecular flexibility index (Phi) is 5.05. The lowest BCUT2D eigenvalue weighted by molar-refractivity contribution is -0.135. The van der Waals surface area contributed by atoms with Crippen LogP contribution in [0.15, 0.2) is 60.7 Å². The Balaban J connectivity index is 1.75. The minimum Gasteiger partial charge on any atom is -0.493 e. The number of hydrogen-bond donors (Lipinski definition) is 1. The lowest BCUT2D eigenvalue weighted by Gasteiger charge is -2.19. The number of cyclic esters (lactones) is 1. The molecule has 25 heavy (non-hydrogen) atoms. The molecule has 0 saturated carbocycles. The summed E-state index contributed by atoms with van der Waals surface area (Å²) in [4.78, 5) is 11.4. The van der Waals surface area contributed by atoms with Gasteiger partial charge in [0.2, 0.25) is 0 Å². The van der Waals surface area contributed by atoms with Crippen LogP contribution >= 0.6 is 0 Å². The molecule has 0 radical (unpaired) electrons. The third-order valence-electron chi connectivity index (χ3n) is 4.25. The molecule has 2 aromatic rings. The van der Waals surface area contributed by atoms with Crippen LogP contribution in [0.5, 0.6) is 11.5 Å². The molecule has 1 aliphatic rings. The molecule has 0 aliphatic carbocycles. The zero-order chi connectivity index (χ0) is 17.8. The highest BCUT2D eigenvalue weighted by Gasteiger charge is 2.35. The number of aliphatic hydroxyl groups is 1. The Morgan fingerprint density at radius 2 is 2.00 bits per heavy atom. The third-order valence-corrected chi connectivity index (χ3v) is 4.25. The fourth-order valence-electron chi connectivity index (χ4n) is 2.75. The molecule has 2 aromatic carbocycles. The standard InChI is InChI=1S/C20H20O5/c1-13-16(12-25-20(13)22)19(21)15-8-9-17(18(10-15)23-2)24-11-14-6-4-3-5-7-14/h3-10,16,19,21H,1,11-12H2,2H3/t16-,19+/m0/s1. The number of benzene rings is 2. The van der Waals surface area contributed by atoms with Gasteiger partial charge in [-0.25, -0.2) is 4.79 Å². The highest BCUT2D eigenvalue weighted by Crippen LogP contribution is 2.36. The molecule has 1 fully saturated rings. The molecule has 0 unspecified atom stereocenters. The molecule has 0 amide bonds. The predicted octanol–water partition coefficient (Wildman–Crippen LogP) is 3.04. The lowest BCUT2D eigenvalue weighted by Crippen LogP contribution is -2.14. The van der Waals surface area contributed by atoms with Crippen molar-refractivity contribution in [3.63, 3.8) is 0 Å². The molecule has 5 heteroatoms. The molecule has 0 spiro atoms. The normalized spacial score (nSPS) is 17.9. The average Bonchev–Trinajstić information content (AvgIpc) is 2.99. The minimum absolute atomic E-state index is 0.132. The minimum atomic E-state index is -0.893. The Hall–Kier alpha value is -2.79. The SMILES string of the molecule is C=C1C(=O)OC[C@@H]1[C@H](O)c1ccc(OCc2ccccc2)c(OC)c1. The molecule has 130 valence electrons. The third kappa shape index (κ3) is 3.67. The van der Waals surface area contributed by atoms with Crippen molar-refractivity contribution < 1.29 is 24.1 Å². The maximum absolute atomic E-state index is 11.4. The van der Waals surface area contributed by atoms with E-state index in [2.05, 4.69) is 6.58 Å². The number of esters is 1. The molecule has 5 nitrogen and oxygen atoms in total. The van der Waals surface area contributed by atoms with Crippen molar-refractivity contribution in [1.29, 1.82) is 0 Å². The van der Waals surface area contributed by atoms with E-state index >= 15 is 0 Å².